The number of nitrogens with zero attached hydrogens (tertiary/aromatic N) is 1. The molecule has 1 heterocycles. The molecule has 3 N–H and O–H groups in total. The van der Waals surface area contributed by atoms with Gasteiger partial charge in [0, 0.05) is 6.54 Å². The second-order valence-corrected chi connectivity index (χ2v) is 4.56. The molecule has 1 fully saturated rings. The highest BCUT2D eigenvalue weighted by atomic mass is 16.2. The Kier molecular flexibility index (Phi) is 6.42. The van der Waals surface area contributed by atoms with Crippen LogP contribution in [0.3, 0.4) is 0 Å². The number of piperidine rings is 1. The molecule has 1 aliphatic heterocycles. The summed E-state index contributed by atoms with van der Waals surface area (Å²) in [5, 5.41) is 2.88. The van der Waals surface area contributed by atoms with E-state index < -0.39 is 0 Å². The zero-order valence-electron chi connectivity index (χ0n) is 10.4. The molecule has 0 saturated carbocycles. The Morgan fingerprint density at radius 3 is 2.69 bits per heavy atom. The van der Waals surface area contributed by atoms with Gasteiger partial charge >= 0.3 is 0 Å². The van der Waals surface area contributed by atoms with Crippen LogP contribution in [0.15, 0.2) is 0 Å². The van der Waals surface area contributed by atoms with Gasteiger partial charge in [0.25, 0.3) is 0 Å². The van der Waals surface area contributed by atoms with E-state index >= 15 is 0 Å². The fraction of sp³-hybridized carbons (Fsp3) is 0.917. The van der Waals surface area contributed by atoms with E-state index in [1.165, 1.54) is 32.4 Å². The second-order valence-electron chi connectivity index (χ2n) is 4.56. The number of likely N-dealkylation sites (tertiary alicyclic amines) is 1. The largest absolute Gasteiger partial charge is 0.355 e. The summed E-state index contributed by atoms with van der Waals surface area (Å²) in [7, 11) is 0. The van der Waals surface area contributed by atoms with Gasteiger partial charge in [-0.2, -0.15) is 0 Å². The van der Waals surface area contributed by atoms with Crippen LogP contribution in [-0.2, 0) is 4.79 Å². The number of nitrogens with two attached hydrogens (primary N) is 1. The number of amides is 1. The number of hydrogen-bond donors (Lipinski definition) is 2. The van der Waals surface area contributed by atoms with Crippen LogP contribution in [0.4, 0.5) is 0 Å². The van der Waals surface area contributed by atoms with E-state index in [1.807, 2.05) is 6.92 Å². The Bertz CT molecular complexity index is 202. The van der Waals surface area contributed by atoms with Gasteiger partial charge < -0.3 is 16.0 Å². The first-order valence-corrected chi connectivity index (χ1v) is 6.49. The molecular weight excluding hydrogens is 202 g/mol. The van der Waals surface area contributed by atoms with Gasteiger partial charge in [0.05, 0.1) is 6.04 Å². The van der Waals surface area contributed by atoms with Crippen LogP contribution in [-0.4, -0.2) is 43.0 Å². The van der Waals surface area contributed by atoms with Gasteiger partial charge in [-0.05, 0) is 45.3 Å². The SMILES string of the molecule is CC[C@@H](N)C(=O)NCCCN1CCCCC1. The third kappa shape index (κ3) is 4.94. The maximum Gasteiger partial charge on any atom is 0.236 e. The van der Waals surface area contributed by atoms with Gasteiger partial charge in [-0.25, -0.2) is 0 Å². The van der Waals surface area contributed by atoms with E-state index in [-0.39, 0.29) is 11.9 Å². The molecule has 0 aromatic heterocycles. The standard InChI is InChI=1S/C12H25N3O/c1-2-11(13)12(16)14-7-6-10-15-8-4-3-5-9-15/h11H,2-10,13H2,1H3,(H,14,16)/t11-/m1/s1. The van der Waals surface area contributed by atoms with E-state index in [2.05, 4.69) is 10.2 Å². The fourth-order valence-electron chi connectivity index (χ4n) is 2.01. The third-order valence-electron chi connectivity index (χ3n) is 3.18. The van der Waals surface area contributed by atoms with Gasteiger partial charge in [0.1, 0.15) is 0 Å². The Balaban J connectivity index is 2.00. The van der Waals surface area contributed by atoms with Crippen molar-refractivity contribution in [3.63, 3.8) is 0 Å². The van der Waals surface area contributed by atoms with Gasteiger partial charge in [-0.15, -0.1) is 0 Å². The van der Waals surface area contributed by atoms with Crippen molar-refractivity contribution < 1.29 is 4.79 Å². The zero-order valence-corrected chi connectivity index (χ0v) is 10.4. The van der Waals surface area contributed by atoms with E-state index in [0.29, 0.717) is 6.42 Å². The Morgan fingerprint density at radius 2 is 2.06 bits per heavy atom. The number of carbonyl (C=O) groups is 1. The van der Waals surface area contributed by atoms with Crippen molar-refractivity contribution in [2.45, 2.75) is 45.1 Å². The highest BCUT2D eigenvalue weighted by Crippen LogP contribution is 2.08. The summed E-state index contributed by atoms with van der Waals surface area (Å²) in [6.07, 6.45) is 5.76. The van der Waals surface area contributed by atoms with Crippen LogP contribution in [0.5, 0.6) is 0 Å². The van der Waals surface area contributed by atoms with Crippen LogP contribution in [0.1, 0.15) is 39.0 Å². The van der Waals surface area contributed by atoms with Crippen LogP contribution in [0.25, 0.3) is 0 Å². The first kappa shape index (κ1) is 13.5. The summed E-state index contributed by atoms with van der Waals surface area (Å²) < 4.78 is 0. The first-order chi connectivity index (χ1) is 7.74. The maximum absolute atomic E-state index is 11.4. The Labute approximate surface area is 98.6 Å². The molecule has 0 aliphatic carbocycles. The van der Waals surface area contributed by atoms with E-state index in [4.69, 9.17) is 5.73 Å². The maximum atomic E-state index is 11.4. The number of rotatable bonds is 6. The summed E-state index contributed by atoms with van der Waals surface area (Å²) in [5.74, 6) is -0.0128. The number of nitrogens with one attached hydrogen (secondary N) is 1. The van der Waals surface area contributed by atoms with Crippen molar-refractivity contribution in [3.05, 3.63) is 0 Å². The minimum absolute atomic E-state index is 0.0128. The van der Waals surface area contributed by atoms with Crippen molar-refractivity contribution in [1.82, 2.24) is 10.2 Å². The van der Waals surface area contributed by atoms with Crippen molar-refractivity contribution in [1.29, 1.82) is 0 Å². The highest BCUT2D eigenvalue weighted by molar-refractivity contribution is 5.81. The Morgan fingerprint density at radius 1 is 1.38 bits per heavy atom. The van der Waals surface area contributed by atoms with E-state index in [9.17, 15) is 4.79 Å². The lowest BCUT2D eigenvalue weighted by Crippen LogP contribution is -2.41. The first-order valence-electron chi connectivity index (χ1n) is 6.49. The summed E-state index contributed by atoms with van der Waals surface area (Å²) in [6, 6.07) is -0.338. The molecule has 4 nitrogen and oxygen atoms in total. The van der Waals surface area contributed by atoms with Crippen molar-refractivity contribution >= 4 is 5.91 Å². The molecule has 0 spiro atoms. The minimum Gasteiger partial charge on any atom is -0.355 e. The molecule has 1 saturated heterocycles. The van der Waals surface area contributed by atoms with Gasteiger partial charge in [0.15, 0.2) is 0 Å². The predicted molar refractivity (Wildman–Crippen MR) is 66.2 cm³/mol. The van der Waals surface area contributed by atoms with E-state index in [0.717, 1.165) is 19.5 Å². The van der Waals surface area contributed by atoms with Gasteiger partial charge in [0.2, 0.25) is 5.91 Å². The molecule has 0 unspecified atom stereocenters. The van der Waals surface area contributed by atoms with Crippen LogP contribution >= 0.6 is 0 Å². The predicted octanol–water partition coefficient (Wildman–Crippen LogP) is 0.716. The summed E-state index contributed by atoms with van der Waals surface area (Å²) in [5.41, 5.74) is 5.62. The second kappa shape index (κ2) is 7.63. The molecule has 0 bridgehead atoms. The topological polar surface area (TPSA) is 58.4 Å². The van der Waals surface area contributed by atoms with Crippen LogP contribution in [0.2, 0.25) is 0 Å². The molecule has 1 amide bonds. The molecule has 1 atom stereocenters. The van der Waals surface area contributed by atoms with Crippen molar-refractivity contribution in [2.24, 2.45) is 5.73 Å². The zero-order chi connectivity index (χ0) is 11.8. The minimum atomic E-state index is -0.338. The molecule has 0 radical (unpaired) electrons. The lowest BCUT2D eigenvalue weighted by molar-refractivity contribution is -0.122. The average Bonchev–Trinajstić information content (AvgIpc) is 2.34. The van der Waals surface area contributed by atoms with Crippen LogP contribution in [0, 0.1) is 0 Å². The summed E-state index contributed by atoms with van der Waals surface area (Å²) >= 11 is 0. The summed E-state index contributed by atoms with van der Waals surface area (Å²) in [4.78, 5) is 13.9. The summed E-state index contributed by atoms with van der Waals surface area (Å²) in [6.45, 7) is 6.23. The molecule has 94 valence electrons. The molecule has 16 heavy (non-hydrogen) atoms. The molecule has 1 rings (SSSR count). The Hall–Kier alpha value is -0.610. The normalized spacial score (nSPS) is 19.4. The monoisotopic (exact) mass is 227 g/mol. The van der Waals surface area contributed by atoms with Crippen molar-refractivity contribution in [3.8, 4) is 0 Å². The van der Waals surface area contributed by atoms with Crippen molar-refractivity contribution in [2.75, 3.05) is 26.2 Å². The lowest BCUT2D eigenvalue weighted by Gasteiger charge is -2.26. The van der Waals surface area contributed by atoms with Crippen LogP contribution < -0.4 is 11.1 Å². The third-order valence-corrected chi connectivity index (χ3v) is 3.18. The van der Waals surface area contributed by atoms with Gasteiger partial charge in [-0.3, -0.25) is 4.79 Å². The average molecular weight is 227 g/mol. The molecule has 1 aliphatic rings. The molecular formula is C12H25N3O. The molecule has 4 heteroatoms. The smallest absolute Gasteiger partial charge is 0.236 e. The molecule has 0 aromatic rings. The highest BCUT2D eigenvalue weighted by Gasteiger charge is 2.11. The lowest BCUT2D eigenvalue weighted by atomic mass is 10.1. The fourth-order valence-corrected chi connectivity index (χ4v) is 2.01. The van der Waals surface area contributed by atoms with E-state index in [1.54, 1.807) is 0 Å². The number of carbonyl (C=O) groups excluding carboxylic acids is 1. The quantitative estimate of drug-likeness (QED) is 0.657. The van der Waals surface area contributed by atoms with Gasteiger partial charge in [-0.1, -0.05) is 13.3 Å². The molecule has 0 aromatic carbocycles. The number of hydrogen-bond acceptors (Lipinski definition) is 3.